The summed E-state index contributed by atoms with van der Waals surface area (Å²) in [6.45, 7) is 4.47. The van der Waals surface area contributed by atoms with E-state index < -0.39 is 0 Å². The molecular weight excluding hydrogens is 262 g/mol. The van der Waals surface area contributed by atoms with Crippen LogP contribution in [0.5, 0.6) is 5.75 Å². The first kappa shape index (κ1) is 13.6. The minimum atomic E-state index is 0.0381. The molecule has 3 aromatic rings. The number of ether oxygens (including phenoxy) is 1. The van der Waals surface area contributed by atoms with Gasteiger partial charge in [0.2, 0.25) is 0 Å². The van der Waals surface area contributed by atoms with Crippen molar-refractivity contribution in [1.82, 2.24) is 9.38 Å². The molecule has 0 fully saturated rings. The Morgan fingerprint density at radius 1 is 1.29 bits per heavy atom. The summed E-state index contributed by atoms with van der Waals surface area (Å²) in [5.74, 6) is 0.872. The molecule has 0 amide bonds. The summed E-state index contributed by atoms with van der Waals surface area (Å²) in [5, 5.41) is 0. The number of nitrogens with two attached hydrogens (primary N) is 1. The van der Waals surface area contributed by atoms with E-state index in [1.807, 2.05) is 61.0 Å². The lowest BCUT2D eigenvalue weighted by Crippen LogP contribution is -2.05. The maximum Gasteiger partial charge on any atom is 0.137 e. The van der Waals surface area contributed by atoms with Crippen LogP contribution < -0.4 is 10.5 Å². The van der Waals surface area contributed by atoms with Crippen LogP contribution in [0.1, 0.15) is 29.8 Å². The zero-order valence-corrected chi connectivity index (χ0v) is 12.3. The highest BCUT2D eigenvalue weighted by Gasteiger charge is 2.06. The van der Waals surface area contributed by atoms with Gasteiger partial charge in [-0.2, -0.15) is 0 Å². The zero-order valence-electron chi connectivity index (χ0n) is 12.3. The lowest BCUT2D eigenvalue weighted by Gasteiger charge is -2.11. The quantitative estimate of drug-likeness (QED) is 0.798. The molecule has 0 bridgehead atoms. The first-order valence-electron chi connectivity index (χ1n) is 7.05. The van der Waals surface area contributed by atoms with Crippen LogP contribution in [0.4, 0.5) is 0 Å². The maximum atomic E-state index is 5.89. The van der Waals surface area contributed by atoms with Crippen molar-refractivity contribution >= 4 is 5.65 Å². The second kappa shape index (κ2) is 5.58. The molecule has 0 saturated carbocycles. The largest absolute Gasteiger partial charge is 0.487 e. The first-order valence-corrected chi connectivity index (χ1v) is 7.05. The summed E-state index contributed by atoms with van der Waals surface area (Å²) in [4.78, 5) is 4.52. The van der Waals surface area contributed by atoms with Crippen LogP contribution in [-0.2, 0) is 6.61 Å². The van der Waals surface area contributed by atoms with Crippen LogP contribution in [0.2, 0.25) is 0 Å². The summed E-state index contributed by atoms with van der Waals surface area (Å²) < 4.78 is 7.86. The highest BCUT2D eigenvalue weighted by atomic mass is 16.5. The van der Waals surface area contributed by atoms with Gasteiger partial charge in [0, 0.05) is 18.4 Å². The molecule has 0 saturated heterocycles. The van der Waals surface area contributed by atoms with E-state index in [1.54, 1.807) is 0 Å². The van der Waals surface area contributed by atoms with Crippen molar-refractivity contribution in [3.05, 3.63) is 65.6 Å². The van der Waals surface area contributed by atoms with E-state index in [9.17, 15) is 0 Å². The highest BCUT2D eigenvalue weighted by molar-refractivity contribution is 5.40. The molecule has 0 aliphatic rings. The maximum absolute atomic E-state index is 5.89. The molecule has 0 unspecified atom stereocenters. The number of hydrogen-bond acceptors (Lipinski definition) is 3. The topological polar surface area (TPSA) is 52.5 Å². The van der Waals surface area contributed by atoms with Gasteiger partial charge in [-0.15, -0.1) is 0 Å². The van der Waals surface area contributed by atoms with E-state index >= 15 is 0 Å². The number of aromatic nitrogens is 2. The van der Waals surface area contributed by atoms with Gasteiger partial charge < -0.3 is 14.9 Å². The number of benzene rings is 1. The van der Waals surface area contributed by atoms with E-state index in [2.05, 4.69) is 11.1 Å². The van der Waals surface area contributed by atoms with E-state index in [4.69, 9.17) is 10.5 Å². The van der Waals surface area contributed by atoms with Gasteiger partial charge >= 0.3 is 0 Å². The number of hydrogen-bond donors (Lipinski definition) is 1. The second-order valence-corrected chi connectivity index (χ2v) is 5.30. The van der Waals surface area contributed by atoms with Crippen LogP contribution >= 0.6 is 0 Å². The number of imidazole rings is 1. The van der Waals surface area contributed by atoms with Crippen LogP contribution in [0.15, 0.2) is 48.8 Å². The van der Waals surface area contributed by atoms with Gasteiger partial charge in [-0.3, -0.25) is 0 Å². The van der Waals surface area contributed by atoms with Crippen molar-refractivity contribution in [3.8, 4) is 5.75 Å². The molecular formula is C17H19N3O. The summed E-state index contributed by atoms with van der Waals surface area (Å²) in [6, 6.07) is 12.0. The predicted molar refractivity (Wildman–Crippen MR) is 83.3 cm³/mol. The predicted octanol–water partition coefficient (Wildman–Crippen LogP) is 3.24. The zero-order chi connectivity index (χ0) is 14.8. The average molecular weight is 281 g/mol. The van der Waals surface area contributed by atoms with Crippen molar-refractivity contribution in [3.63, 3.8) is 0 Å². The standard InChI is InChI=1S/C17H19N3O/c1-12-9-14(13(2)18)6-7-16(12)21-11-15-10-20-8-4-3-5-17(20)19-15/h3-10,13H,11,18H2,1-2H3/t13-/m0/s1. The number of rotatable bonds is 4. The van der Waals surface area contributed by atoms with Gasteiger partial charge in [0.05, 0.1) is 5.69 Å². The molecule has 0 aliphatic heterocycles. The van der Waals surface area contributed by atoms with Crippen LogP contribution in [-0.4, -0.2) is 9.38 Å². The smallest absolute Gasteiger partial charge is 0.137 e. The monoisotopic (exact) mass is 281 g/mol. The van der Waals surface area contributed by atoms with Gasteiger partial charge in [0.1, 0.15) is 18.0 Å². The minimum absolute atomic E-state index is 0.0381. The molecule has 21 heavy (non-hydrogen) atoms. The summed E-state index contributed by atoms with van der Waals surface area (Å²) in [5.41, 5.74) is 9.94. The van der Waals surface area contributed by atoms with Crippen molar-refractivity contribution in [2.75, 3.05) is 0 Å². The van der Waals surface area contributed by atoms with Gasteiger partial charge in [-0.25, -0.2) is 4.98 Å². The average Bonchev–Trinajstić information content (AvgIpc) is 2.88. The molecule has 0 aliphatic carbocycles. The Balaban J connectivity index is 1.75. The third kappa shape index (κ3) is 2.90. The van der Waals surface area contributed by atoms with Crippen molar-refractivity contribution in [1.29, 1.82) is 0 Å². The molecule has 1 aromatic carbocycles. The van der Waals surface area contributed by atoms with Crippen molar-refractivity contribution < 1.29 is 4.74 Å². The summed E-state index contributed by atoms with van der Waals surface area (Å²) in [6.07, 6.45) is 3.97. The van der Waals surface area contributed by atoms with E-state index in [1.165, 1.54) is 0 Å². The third-order valence-electron chi connectivity index (χ3n) is 3.51. The molecule has 0 radical (unpaired) electrons. The van der Waals surface area contributed by atoms with Crippen LogP contribution in [0.25, 0.3) is 5.65 Å². The van der Waals surface area contributed by atoms with E-state index in [0.717, 1.165) is 28.2 Å². The van der Waals surface area contributed by atoms with Gasteiger partial charge in [0.25, 0.3) is 0 Å². The number of nitrogens with zero attached hydrogens (tertiary/aromatic N) is 2. The van der Waals surface area contributed by atoms with E-state index in [-0.39, 0.29) is 6.04 Å². The SMILES string of the molecule is Cc1cc([C@H](C)N)ccc1OCc1cn2ccccc2n1. The number of aryl methyl sites for hydroxylation is 1. The molecule has 2 aromatic heterocycles. The Labute approximate surface area is 124 Å². The van der Waals surface area contributed by atoms with Crippen LogP contribution in [0, 0.1) is 6.92 Å². The van der Waals surface area contributed by atoms with Gasteiger partial charge in [-0.1, -0.05) is 18.2 Å². The molecule has 4 nitrogen and oxygen atoms in total. The molecule has 2 N–H and O–H groups in total. The fourth-order valence-corrected chi connectivity index (χ4v) is 2.33. The minimum Gasteiger partial charge on any atom is -0.487 e. The fraction of sp³-hybridized carbons (Fsp3) is 0.235. The number of fused-ring (bicyclic) bond motifs is 1. The van der Waals surface area contributed by atoms with E-state index in [0.29, 0.717) is 6.61 Å². The summed E-state index contributed by atoms with van der Waals surface area (Å²) in [7, 11) is 0. The van der Waals surface area contributed by atoms with Crippen LogP contribution in [0.3, 0.4) is 0 Å². The van der Waals surface area contributed by atoms with Crippen molar-refractivity contribution in [2.45, 2.75) is 26.5 Å². The third-order valence-corrected chi connectivity index (χ3v) is 3.51. The number of pyridine rings is 1. The Morgan fingerprint density at radius 3 is 2.86 bits per heavy atom. The fourth-order valence-electron chi connectivity index (χ4n) is 2.33. The normalized spacial score (nSPS) is 12.5. The van der Waals surface area contributed by atoms with Gasteiger partial charge in [0.15, 0.2) is 0 Å². The molecule has 2 heterocycles. The Hall–Kier alpha value is -2.33. The molecule has 3 rings (SSSR count). The molecule has 0 spiro atoms. The lowest BCUT2D eigenvalue weighted by molar-refractivity contribution is 0.300. The van der Waals surface area contributed by atoms with Crippen molar-refractivity contribution in [2.24, 2.45) is 5.73 Å². The molecule has 4 heteroatoms. The Morgan fingerprint density at radius 2 is 2.14 bits per heavy atom. The summed E-state index contributed by atoms with van der Waals surface area (Å²) >= 11 is 0. The Kier molecular flexibility index (Phi) is 3.62. The lowest BCUT2D eigenvalue weighted by atomic mass is 10.1. The molecule has 108 valence electrons. The second-order valence-electron chi connectivity index (χ2n) is 5.30. The first-order chi connectivity index (χ1) is 10.1. The Bertz CT molecular complexity index is 729. The highest BCUT2D eigenvalue weighted by Crippen LogP contribution is 2.22. The molecule has 1 atom stereocenters. The van der Waals surface area contributed by atoms with Gasteiger partial charge in [-0.05, 0) is 43.2 Å².